The topological polar surface area (TPSA) is 29.3 Å². The van der Waals surface area contributed by atoms with Crippen molar-refractivity contribution in [2.45, 2.75) is 32.6 Å². The fourth-order valence-electron chi connectivity index (χ4n) is 2.97. The van der Waals surface area contributed by atoms with Gasteiger partial charge in [0.25, 0.3) is 0 Å². The second-order valence-electron chi connectivity index (χ2n) is 4.97. The Bertz CT molecular complexity index is 536. The van der Waals surface area contributed by atoms with Gasteiger partial charge in [0.1, 0.15) is 5.65 Å². The van der Waals surface area contributed by atoms with Crippen LogP contribution in [0.15, 0.2) is 18.2 Å². The molecule has 0 bridgehead atoms. The summed E-state index contributed by atoms with van der Waals surface area (Å²) >= 11 is 0. The molecule has 3 nitrogen and oxygen atoms in total. The van der Waals surface area contributed by atoms with E-state index >= 15 is 0 Å². The second-order valence-corrected chi connectivity index (χ2v) is 4.97. The van der Waals surface area contributed by atoms with Crippen LogP contribution in [-0.4, -0.2) is 22.5 Å². The molecular formula is C14H19N3. The van der Waals surface area contributed by atoms with Crippen LogP contribution in [0.5, 0.6) is 0 Å². The second kappa shape index (κ2) is 4.15. The van der Waals surface area contributed by atoms with Crippen LogP contribution in [0.4, 0.5) is 0 Å². The van der Waals surface area contributed by atoms with Crippen LogP contribution in [0.3, 0.4) is 0 Å². The van der Waals surface area contributed by atoms with Gasteiger partial charge >= 0.3 is 0 Å². The van der Waals surface area contributed by atoms with E-state index < -0.39 is 0 Å². The Morgan fingerprint density at radius 2 is 2.00 bits per heavy atom. The van der Waals surface area contributed by atoms with Crippen LogP contribution in [0.25, 0.3) is 5.65 Å². The average Bonchev–Trinajstić information content (AvgIpc) is 2.68. The van der Waals surface area contributed by atoms with E-state index in [0.29, 0.717) is 5.92 Å². The summed E-state index contributed by atoms with van der Waals surface area (Å²) in [5.74, 6) is 0.660. The molecule has 0 aromatic carbocycles. The molecule has 17 heavy (non-hydrogen) atoms. The first-order valence-corrected chi connectivity index (χ1v) is 6.42. The van der Waals surface area contributed by atoms with Crippen molar-refractivity contribution in [1.29, 1.82) is 0 Å². The van der Waals surface area contributed by atoms with Gasteiger partial charge in [-0.2, -0.15) is 0 Å². The molecule has 1 N–H and O–H groups in total. The number of nitrogens with zero attached hydrogens (tertiary/aromatic N) is 2. The molecule has 1 aliphatic heterocycles. The Hall–Kier alpha value is -1.35. The molecule has 2 aromatic rings. The number of fused-ring (bicyclic) bond motifs is 1. The van der Waals surface area contributed by atoms with Gasteiger partial charge in [0.15, 0.2) is 0 Å². The molecule has 1 fully saturated rings. The number of hydrogen-bond donors (Lipinski definition) is 1. The number of rotatable bonds is 1. The molecule has 1 saturated heterocycles. The number of hydrogen-bond acceptors (Lipinski definition) is 2. The van der Waals surface area contributed by atoms with Gasteiger partial charge in [-0.05, 0) is 51.9 Å². The predicted octanol–water partition coefficient (Wildman–Crippen LogP) is 2.42. The van der Waals surface area contributed by atoms with Gasteiger partial charge in [-0.25, -0.2) is 4.98 Å². The number of imidazole rings is 1. The third kappa shape index (κ3) is 1.75. The van der Waals surface area contributed by atoms with Crippen LogP contribution >= 0.6 is 0 Å². The first kappa shape index (κ1) is 10.8. The van der Waals surface area contributed by atoms with Gasteiger partial charge in [-0.3, -0.25) is 0 Å². The number of aromatic nitrogens is 2. The first-order valence-electron chi connectivity index (χ1n) is 6.42. The molecule has 90 valence electrons. The molecule has 0 aliphatic carbocycles. The van der Waals surface area contributed by atoms with Crippen molar-refractivity contribution in [3.05, 3.63) is 35.3 Å². The van der Waals surface area contributed by atoms with E-state index in [0.717, 1.165) is 18.7 Å². The van der Waals surface area contributed by atoms with E-state index in [1.54, 1.807) is 0 Å². The number of piperidine rings is 1. The summed E-state index contributed by atoms with van der Waals surface area (Å²) < 4.78 is 2.34. The van der Waals surface area contributed by atoms with Crippen LogP contribution < -0.4 is 5.32 Å². The van der Waals surface area contributed by atoms with E-state index in [9.17, 15) is 0 Å². The predicted molar refractivity (Wildman–Crippen MR) is 69.5 cm³/mol. The number of nitrogens with one attached hydrogen (secondary N) is 1. The minimum atomic E-state index is 0.660. The van der Waals surface area contributed by atoms with Gasteiger partial charge < -0.3 is 9.72 Å². The van der Waals surface area contributed by atoms with E-state index in [1.807, 2.05) is 0 Å². The molecule has 0 spiro atoms. The van der Waals surface area contributed by atoms with Crippen molar-refractivity contribution in [2.75, 3.05) is 13.1 Å². The van der Waals surface area contributed by atoms with Crippen molar-refractivity contribution in [3.8, 4) is 0 Å². The zero-order valence-electron chi connectivity index (χ0n) is 10.5. The molecular weight excluding hydrogens is 210 g/mol. The fraction of sp³-hybridized carbons (Fsp3) is 0.500. The zero-order chi connectivity index (χ0) is 11.8. The standard InChI is InChI=1S/C14H19N3/c1-10-4-3-5-13-16-11(2)14(17(10)13)12-6-8-15-9-7-12/h3-5,12,15H,6-9H2,1-2H3. The van der Waals surface area contributed by atoms with Gasteiger partial charge in [0, 0.05) is 17.3 Å². The summed E-state index contributed by atoms with van der Waals surface area (Å²) in [6.07, 6.45) is 2.45. The smallest absolute Gasteiger partial charge is 0.137 e. The van der Waals surface area contributed by atoms with Gasteiger partial charge in [-0.1, -0.05) is 6.07 Å². The molecule has 3 heteroatoms. The molecule has 1 aliphatic rings. The maximum absolute atomic E-state index is 4.69. The summed E-state index contributed by atoms with van der Waals surface area (Å²) in [6.45, 7) is 6.56. The highest BCUT2D eigenvalue weighted by Crippen LogP contribution is 2.29. The van der Waals surface area contributed by atoms with Gasteiger partial charge in [-0.15, -0.1) is 0 Å². The van der Waals surface area contributed by atoms with Crippen molar-refractivity contribution in [2.24, 2.45) is 0 Å². The maximum Gasteiger partial charge on any atom is 0.137 e. The van der Waals surface area contributed by atoms with Crippen molar-refractivity contribution in [1.82, 2.24) is 14.7 Å². The molecule has 0 unspecified atom stereocenters. The molecule has 3 rings (SSSR count). The molecule has 0 radical (unpaired) electrons. The number of pyridine rings is 1. The van der Waals surface area contributed by atoms with Crippen LogP contribution in [-0.2, 0) is 0 Å². The molecule has 3 heterocycles. The van der Waals surface area contributed by atoms with Crippen LogP contribution in [0.2, 0.25) is 0 Å². The third-order valence-electron chi connectivity index (χ3n) is 3.78. The maximum atomic E-state index is 4.69. The Morgan fingerprint density at radius 3 is 2.76 bits per heavy atom. The Kier molecular flexibility index (Phi) is 2.63. The quantitative estimate of drug-likeness (QED) is 0.813. The summed E-state index contributed by atoms with van der Waals surface area (Å²) in [7, 11) is 0. The molecule has 0 atom stereocenters. The number of aryl methyl sites for hydroxylation is 2. The lowest BCUT2D eigenvalue weighted by atomic mass is 9.93. The first-order chi connectivity index (χ1) is 8.27. The molecule has 0 amide bonds. The molecule has 0 saturated carbocycles. The van der Waals surface area contributed by atoms with Crippen molar-refractivity contribution >= 4 is 5.65 Å². The monoisotopic (exact) mass is 229 g/mol. The third-order valence-corrected chi connectivity index (χ3v) is 3.78. The van der Waals surface area contributed by atoms with E-state index in [-0.39, 0.29) is 0 Å². The van der Waals surface area contributed by atoms with Gasteiger partial charge in [0.2, 0.25) is 0 Å². The van der Waals surface area contributed by atoms with E-state index in [1.165, 1.54) is 29.9 Å². The van der Waals surface area contributed by atoms with Crippen molar-refractivity contribution in [3.63, 3.8) is 0 Å². The normalized spacial score (nSPS) is 17.8. The van der Waals surface area contributed by atoms with Crippen molar-refractivity contribution < 1.29 is 0 Å². The van der Waals surface area contributed by atoms with Crippen LogP contribution in [0.1, 0.15) is 35.8 Å². The summed E-state index contributed by atoms with van der Waals surface area (Å²) in [6, 6.07) is 6.35. The Labute approximate surface area is 102 Å². The molecule has 2 aromatic heterocycles. The van der Waals surface area contributed by atoms with Gasteiger partial charge in [0.05, 0.1) is 5.69 Å². The van der Waals surface area contributed by atoms with E-state index in [4.69, 9.17) is 4.98 Å². The highest BCUT2D eigenvalue weighted by atomic mass is 15.0. The zero-order valence-corrected chi connectivity index (χ0v) is 10.5. The SMILES string of the molecule is Cc1nc2cccc(C)n2c1C1CCNCC1. The summed E-state index contributed by atoms with van der Waals surface area (Å²) in [5, 5.41) is 3.43. The average molecular weight is 229 g/mol. The minimum absolute atomic E-state index is 0.660. The lowest BCUT2D eigenvalue weighted by molar-refractivity contribution is 0.449. The Morgan fingerprint density at radius 1 is 1.24 bits per heavy atom. The highest BCUT2D eigenvalue weighted by Gasteiger charge is 2.21. The lowest BCUT2D eigenvalue weighted by Crippen LogP contribution is -2.27. The fourth-order valence-corrected chi connectivity index (χ4v) is 2.97. The minimum Gasteiger partial charge on any atom is -0.317 e. The lowest BCUT2D eigenvalue weighted by Gasteiger charge is -2.23. The summed E-state index contributed by atoms with van der Waals surface area (Å²) in [4.78, 5) is 4.69. The Balaban J connectivity index is 2.16. The largest absolute Gasteiger partial charge is 0.317 e. The highest BCUT2D eigenvalue weighted by molar-refractivity contribution is 5.46. The summed E-state index contributed by atoms with van der Waals surface area (Å²) in [5.41, 5.74) is 5.01. The van der Waals surface area contributed by atoms with Crippen LogP contribution in [0, 0.1) is 13.8 Å². The van der Waals surface area contributed by atoms with E-state index in [2.05, 4.69) is 41.8 Å².